The SMILES string of the molecule is CCCCCCCC[n+]1ccc(CO[Si](C)(C)C)cc1. The van der Waals surface area contributed by atoms with Crippen molar-refractivity contribution in [3.63, 3.8) is 0 Å². The Bertz CT molecular complexity index is 356. The van der Waals surface area contributed by atoms with Gasteiger partial charge in [0.25, 0.3) is 0 Å². The van der Waals surface area contributed by atoms with Crippen LogP contribution in [0.2, 0.25) is 19.6 Å². The van der Waals surface area contributed by atoms with Gasteiger partial charge in [-0.1, -0.05) is 32.6 Å². The average Bonchev–Trinajstić information content (AvgIpc) is 2.41. The second-order valence-electron chi connectivity index (χ2n) is 6.61. The number of rotatable bonds is 10. The normalized spacial score (nSPS) is 11.8. The fourth-order valence-corrected chi connectivity index (χ4v) is 2.71. The summed E-state index contributed by atoms with van der Waals surface area (Å²) in [6.45, 7) is 10.9. The molecular formula is C17H32NOSi+. The Hall–Kier alpha value is -0.673. The molecule has 0 aliphatic heterocycles. The molecule has 1 rings (SSSR count). The second-order valence-corrected chi connectivity index (χ2v) is 11.1. The van der Waals surface area contributed by atoms with E-state index in [4.69, 9.17) is 4.43 Å². The molecule has 0 bridgehead atoms. The van der Waals surface area contributed by atoms with E-state index in [1.807, 2.05) is 0 Å². The second kappa shape index (κ2) is 9.30. The lowest BCUT2D eigenvalue weighted by Gasteiger charge is -2.16. The highest BCUT2D eigenvalue weighted by molar-refractivity contribution is 6.69. The highest BCUT2D eigenvalue weighted by Gasteiger charge is 2.14. The summed E-state index contributed by atoms with van der Waals surface area (Å²) in [6, 6.07) is 4.38. The van der Waals surface area contributed by atoms with Crippen molar-refractivity contribution in [2.75, 3.05) is 0 Å². The van der Waals surface area contributed by atoms with E-state index < -0.39 is 8.32 Å². The smallest absolute Gasteiger partial charge is 0.184 e. The van der Waals surface area contributed by atoms with Gasteiger partial charge < -0.3 is 4.43 Å². The molecule has 114 valence electrons. The molecule has 0 saturated heterocycles. The van der Waals surface area contributed by atoms with Gasteiger partial charge in [0, 0.05) is 18.6 Å². The van der Waals surface area contributed by atoms with Gasteiger partial charge in [-0.2, -0.15) is 0 Å². The van der Waals surface area contributed by atoms with Gasteiger partial charge in [0.1, 0.15) is 6.54 Å². The van der Waals surface area contributed by atoms with E-state index >= 15 is 0 Å². The van der Waals surface area contributed by atoms with E-state index in [-0.39, 0.29) is 0 Å². The van der Waals surface area contributed by atoms with Crippen LogP contribution in [0.5, 0.6) is 0 Å². The van der Waals surface area contributed by atoms with Crippen LogP contribution in [0.1, 0.15) is 51.0 Å². The van der Waals surface area contributed by atoms with Crippen LogP contribution in [0.4, 0.5) is 0 Å². The van der Waals surface area contributed by atoms with Crippen molar-refractivity contribution in [3.8, 4) is 0 Å². The van der Waals surface area contributed by atoms with Gasteiger partial charge in [0.05, 0.1) is 6.61 Å². The summed E-state index contributed by atoms with van der Waals surface area (Å²) >= 11 is 0. The van der Waals surface area contributed by atoms with Gasteiger partial charge in [-0.3, -0.25) is 0 Å². The number of aryl methyl sites for hydroxylation is 1. The molecule has 0 aliphatic carbocycles. The molecule has 0 saturated carbocycles. The van der Waals surface area contributed by atoms with Crippen LogP contribution in [-0.2, 0) is 17.6 Å². The summed E-state index contributed by atoms with van der Waals surface area (Å²) in [7, 11) is -1.40. The minimum Gasteiger partial charge on any atom is -0.413 e. The predicted molar refractivity (Wildman–Crippen MR) is 88.1 cm³/mol. The minimum atomic E-state index is -1.40. The molecule has 0 atom stereocenters. The third-order valence-corrected chi connectivity index (χ3v) is 4.41. The van der Waals surface area contributed by atoms with Gasteiger partial charge in [-0.05, 0) is 31.6 Å². The number of nitrogens with zero attached hydrogens (tertiary/aromatic N) is 1. The largest absolute Gasteiger partial charge is 0.413 e. The Labute approximate surface area is 126 Å². The van der Waals surface area contributed by atoms with Gasteiger partial charge in [0.15, 0.2) is 20.7 Å². The summed E-state index contributed by atoms with van der Waals surface area (Å²) in [5.74, 6) is 0. The predicted octanol–water partition coefficient (Wildman–Crippen LogP) is 4.69. The molecular weight excluding hydrogens is 262 g/mol. The molecule has 1 heterocycles. The summed E-state index contributed by atoms with van der Waals surface area (Å²) in [4.78, 5) is 0. The standard InChI is InChI=1S/C17H32NOSi/c1-5-6-7-8-9-10-13-18-14-11-17(12-15-18)16-19-20(2,3)4/h11-12,14-15H,5-10,13,16H2,1-4H3/q+1. The van der Waals surface area contributed by atoms with Crippen molar-refractivity contribution in [1.82, 2.24) is 0 Å². The lowest BCUT2D eigenvalue weighted by atomic mass is 10.1. The molecule has 0 amide bonds. The first-order valence-corrected chi connectivity index (χ1v) is 11.5. The van der Waals surface area contributed by atoms with Crippen LogP contribution in [0.3, 0.4) is 0 Å². The Morgan fingerprint density at radius 2 is 1.55 bits per heavy atom. The molecule has 3 heteroatoms. The number of pyridine rings is 1. The monoisotopic (exact) mass is 294 g/mol. The molecule has 0 spiro atoms. The number of hydrogen-bond donors (Lipinski definition) is 0. The number of aromatic nitrogens is 1. The summed E-state index contributed by atoms with van der Waals surface area (Å²) in [5.41, 5.74) is 1.28. The van der Waals surface area contributed by atoms with Gasteiger partial charge in [0.2, 0.25) is 0 Å². The number of hydrogen-bond acceptors (Lipinski definition) is 1. The van der Waals surface area contributed by atoms with E-state index in [1.54, 1.807) is 0 Å². The maximum atomic E-state index is 5.92. The van der Waals surface area contributed by atoms with Crippen LogP contribution in [0, 0.1) is 0 Å². The van der Waals surface area contributed by atoms with Gasteiger partial charge in [-0.25, -0.2) is 4.57 Å². The van der Waals surface area contributed by atoms with Crippen LogP contribution in [0.25, 0.3) is 0 Å². The first-order chi connectivity index (χ1) is 9.51. The Kier molecular flexibility index (Phi) is 8.08. The van der Waals surface area contributed by atoms with Crippen molar-refractivity contribution in [1.29, 1.82) is 0 Å². The molecule has 0 fully saturated rings. The molecule has 1 aromatic rings. The molecule has 0 aromatic carbocycles. The van der Waals surface area contributed by atoms with E-state index in [9.17, 15) is 0 Å². The van der Waals surface area contributed by atoms with Crippen molar-refractivity contribution < 1.29 is 8.99 Å². The van der Waals surface area contributed by atoms with Crippen molar-refractivity contribution >= 4 is 8.32 Å². The molecule has 0 unspecified atom stereocenters. The fourth-order valence-electron chi connectivity index (χ4n) is 2.11. The van der Waals surface area contributed by atoms with Crippen molar-refractivity contribution in [2.45, 2.75) is 78.2 Å². The fraction of sp³-hybridized carbons (Fsp3) is 0.706. The highest BCUT2D eigenvalue weighted by Crippen LogP contribution is 2.08. The third-order valence-electron chi connectivity index (χ3n) is 3.40. The molecule has 0 aliphatic rings. The maximum absolute atomic E-state index is 5.92. The van der Waals surface area contributed by atoms with Crippen LogP contribution < -0.4 is 4.57 Å². The Morgan fingerprint density at radius 1 is 0.950 bits per heavy atom. The summed E-state index contributed by atoms with van der Waals surface area (Å²) < 4.78 is 8.21. The van der Waals surface area contributed by atoms with E-state index in [2.05, 4.69) is 55.7 Å². The summed E-state index contributed by atoms with van der Waals surface area (Å²) in [5, 5.41) is 0. The van der Waals surface area contributed by atoms with Crippen LogP contribution >= 0.6 is 0 Å². The molecule has 0 N–H and O–H groups in total. The zero-order valence-electron chi connectivity index (χ0n) is 13.8. The molecule has 20 heavy (non-hydrogen) atoms. The van der Waals surface area contributed by atoms with Crippen LogP contribution in [-0.4, -0.2) is 8.32 Å². The first kappa shape index (κ1) is 17.4. The lowest BCUT2D eigenvalue weighted by molar-refractivity contribution is -0.697. The molecule has 0 radical (unpaired) electrons. The molecule has 1 aromatic heterocycles. The van der Waals surface area contributed by atoms with Crippen molar-refractivity contribution in [3.05, 3.63) is 30.1 Å². The van der Waals surface area contributed by atoms with E-state index in [1.165, 1.54) is 44.1 Å². The minimum absolute atomic E-state index is 0.758. The Morgan fingerprint density at radius 3 is 2.15 bits per heavy atom. The molecule has 2 nitrogen and oxygen atoms in total. The topological polar surface area (TPSA) is 13.1 Å². The van der Waals surface area contributed by atoms with E-state index in [0.29, 0.717) is 0 Å². The maximum Gasteiger partial charge on any atom is 0.184 e. The number of unbranched alkanes of at least 4 members (excludes halogenated alkanes) is 5. The Balaban J connectivity index is 2.21. The van der Waals surface area contributed by atoms with Crippen molar-refractivity contribution in [2.24, 2.45) is 0 Å². The van der Waals surface area contributed by atoms with Gasteiger partial charge >= 0.3 is 0 Å². The van der Waals surface area contributed by atoms with E-state index in [0.717, 1.165) is 13.2 Å². The average molecular weight is 295 g/mol. The van der Waals surface area contributed by atoms with Crippen LogP contribution in [0.15, 0.2) is 24.5 Å². The quantitative estimate of drug-likeness (QED) is 0.347. The lowest BCUT2D eigenvalue weighted by Crippen LogP contribution is -2.32. The summed E-state index contributed by atoms with van der Waals surface area (Å²) in [6.07, 6.45) is 12.5. The zero-order valence-corrected chi connectivity index (χ0v) is 14.8. The third kappa shape index (κ3) is 8.49. The van der Waals surface area contributed by atoms with Gasteiger partial charge in [-0.15, -0.1) is 0 Å². The highest BCUT2D eigenvalue weighted by atomic mass is 28.4. The first-order valence-electron chi connectivity index (χ1n) is 8.13. The zero-order chi connectivity index (χ0) is 14.8.